The van der Waals surface area contributed by atoms with Crippen LogP contribution in [0, 0.1) is 11.3 Å². The van der Waals surface area contributed by atoms with Crippen molar-refractivity contribution >= 4 is 22.4 Å². The smallest absolute Gasteiger partial charge is 0.232 e. The average Bonchev–Trinajstić information content (AvgIpc) is 2.98. The van der Waals surface area contributed by atoms with Crippen LogP contribution in [0.25, 0.3) is 10.8 Å². The predicted octanol–water partition coefficient (Wildman–Crippen LogP) is 3.41. The molecule has 1 heterocycles. The van der Waals surface area contributed by atoms with E-state index >= 15 is 0 Å². The van der Waals surface area contributed by atoms with Crippen LogP contribution in [-0.4, -0.2) is 19.0 Å². The van der Waals surface area contributed by atoms with Crippen molar-refractivity contribution in [2.45, 2.75) is 20.3 Å². The van der Waals surface area contributed by atoms with E-state index in [2.05, 4.69) is 42.7 Å². The van der Waals surface area contributed by atoms with E-state index in [9.17, 15) is 4.79 Å². The number of rotatable bonds is 3. The first-order valence-corrected chi connectivity index (χ1v) is 7.63. The fourth-order valence-electron chi connectivity index (χ4n) is 3.18. The third-order valence-electron chi connectivity index (χ3n) is 4.75. The molecule has 1 atom stereocenters. The normalized spacial score (nSPS) is 21.9. The van der Waals surface area contributed by atoms with Crippen molar-refractivity contribution in [3.05, 3.63) is 42.5 Å². The summed E-state index contributed by atoms with van der Waals surface area (Å²) in [4.78, 5) is 12.8. The molecule has 1 amide bonds. The van der Waals surface area contributed by atoms with Crippen LogP contribution in [0.3, 0.4) is 0 Å². The van der Waals surface area contributed by atoms with Gasteiger partial charge in [0, 0.05) is 12.2 Å². The lowest BCUT2D eigenvalue weighted by Gasteiger charge is -2.31. The highest BCUT2D eigenvalue weighted by Gasteiger charge is 2.43. The molecule has 2 aromatic rings. The van der Waals surface area contributed by atoms with E-state index < -0.39 is 0 Å². The molecule has 0 spiro atoms. The Labute approximate surface area is 125 Å². The maximum Gasteiger partial charge on any atom is 0.232 e. The van der Waals surface area contributed by atoms with Gasteiger partial charge in [-0.3, -0.25) is 4.79 Å². The van der Waals surface area contributed by atoms with Gasteiger partial charge in [-0.15, -0.1) is 0 Å². The topological polar surface area (TPSA) is 41.1 Å². The zero-order chi connectivity index (χ0) is 14.9. The molecule has 1 unspecified atom stereocenters. The van der Waals surface area contributed by atoms with Gasteiger partial charge in [-0.05, 0) is 41.8 Å². The largest absolute Gasteiger partial charge is 0.326 e. The number of anilines is 1. The van der Waals surface area contributed by atoms with Crippen molar-refractivity contribution in [1.82, 2.24) is 5.32 Å². The Hall–Kier alpha value is -1.87. The maximum atomic E-state index is 12.8. The molecule has 110 valence electrons. The van der Waals surface area contributed by atoms with Crippen LogP contribution >= 0.6 is 0 Å². The Morgan fingerprint density at radius 2 is 1.95 bits per heavy atom. The van der Waals surface area contributed by atoms with Crippen molar-refractivity contribution in [3.8, 4) is 0 Å². The Morgan fingerprint density at radius 3 is 2.62 bits per heavy atom. The van der Waals surface area contributed by atoms with Crippen LogP contribution in [-0.2, 0) is 4.79 Å². The molecule has 0 bridgehead atoms. The minimum Gasteiger partial charge on any atom is -0.326 e. The van der Waals surface area contributed by atoms with E-state index in [1.807, 2.05) is 24.3 Å². The highest BCUT2D eigenvalue weighted by molar-refractivity contribution is 5.98. The molecule has 3 heteroatoms. The van der Waals surface area contributed by atoms with Gasteiger partial charge in [0.2, 0.25) is 5.91 Å². The average molecular weight is 282 g/mol. The lowest BCUT2D eigenvalue weighted by molar-refractivity contribution is -0.126. The van der Waals surface area contributed by atoms with Crippen molar-refractivity contribution in [2.75, 3.05) is 18.4 Å². The zero-order valence-electron chi connectivity index (χ0n) is 12.6. The van der Waals surface area contributed by atoms with E-state index in [0.29, 0.717) is 5.92 Å². The van der Waals surface area contributed by atoms with Crippen LogP contribution in [0.15, 0.2) is 42.5 Å². The number of carbonyl (C=O) groups excluding carboxylic acids is 1. The lowest BCUT2D eigenvalue weighted by Crippen LogP contribution is -2.42. The summed E-state index contributed by atoms with van der Waals surface area (Å²) in [7, 11) is 0. The van der Waals surface area contributed by atoms with Gasteiger partial charge in [0.05, 0.1) is 5.41 Å². The summed E-state index contributed by atoms with van der Waals surface area (Å²) in [6, 6.07) is 14.3. The Morgan fingerprint density at radius 1 is 1.19 bits per heavy atom. The molecule has 1 saturated heterocycles. The van der Waals surface area contributed by atoms with Gasteiger partial charge in [0.25, 0.3) is 0 Å². The molecule has 2 N–H and O–H groups in total. The second-order valence-electron chi connectivity index (χ2n) is 6.25. The van der Waals surface area contributed by atoms with Crippen molar-refractivity contribution in [2.24, 2.45) is 11.3 Å². The lowest BCUT2D eigenvalue weighted by atomic mass is 9.75. The second kappa shape index (κ2) is 5.49. The number of hydrogen-bond acceptors (Lipinski definition) is 2. The highest BCUT2D eigenvalue weighted by Crippen LogP contribution is 2.35. The second-order valence-corrected chi connectivity index (χ2v) is 6.25. The first kappa shape index (κ1) is 14.1. The highest BCUT2D eigenvalue weighted by atomic mass is 16.2. The molecule has 0 radical (unpaired) electrons. The standard InChI is InChI=1S/C18H22N2O/c1-13(2)18(9-10-19-12-18)17(21)20-16-8-7-14-5-3-4-6-15(14)11-16/h3-8,11,13,19H,9-10,12H2,1-2H3,(H,20,21). The number of fused-ring (bicyclic) bond motifs is 1. The van der Waals surface area contributed by atoms with Gasteiger partial charge in [-0.25, -0.2) is 0 Å². The van der Waals surface area contributed by atoms with Crippen LogP contribution in [0.2, 0.25) is 0 Å². The maximum absolute atomic E-state index is 12.8. The van der Waals surface area contributed by atoms with Gasteiger partial charge >= 0.3 is 0 Å². The molecule has 21 heavy (non-hydrogen) atoms. The summed E-state index contributed by atoms with van der Waals surface area (Å²) in [5.74, 6) is 0.464. The van der Waals surface area contributed by atoms with Gasteiger partial charge < -0.3 is 10.6 Å². The minimum atomic E-state index is -0.286. The summed E-state index contributed by atoms with van der Waals surface area (Å²) in [5.41, 5.74) is 0.594. The summed E-state index contributed by atoms with van der Waals surface area (Å²) >= 11 is 0. The van der Waals surface area contributed by atoms with Crippen LogP contribution in [0.1, 0.15) is 20.3 Å². The van der Waals surface area contributed by atoms with E-state index in [-0.39, 0.29) is 11.3 Å². The third-order valence-corrected chi connectivity index (χ3v) is 4.75. The van der Waals surface area contributed by atoms with Gasteiger partial charge in [-0.1, -0.05) is 44.2 Å². The van der Waals surface area contributed by atoms with Crippen molar-refractivity contribution in [3.63, 3.8) is 0 Å². The summed E-state index contributed by atoms with van der Waals surface area (Å²) < 4.78 is 0. The van der Waals surface area contributed by atoms with Crippen LogP contribution in [0.4, 0.5) is 5.69 Å². The van der Waals surface area contributed by atoms with Gasteiger partial charge in [-0.2, -0.15) is 0 Å². The number of nitrogens with one attached hydrogen (secondary N) is 2. The Bertz CT molecular complexity index is 657. The number of carbonyl (C=O) groups is 1. The Balaban J connectivity index is 1.85. The Kier molecular flexibility index (Phi) is 3.68. The van der Waals surface area contributed by atoms with E-state index in [1.54, 1.807) is 0 Å². The zero-order valence-corrected chi connectivity index (χ0v) is 12.6. The monoisotopic (exact) mass is 282 g/mol. The van der Waals surface area contributed by atoms with E-state index in [4.69, 9.17) is 0 Å². The fraction of sp³-hybridized carbons (Fsp3) is 0.389. The molecule has 0 saturated carbocycles. The fourth-order valence-corrected chi connectivity index (χ4v) is 3.18. The number of amides is 1. The molecule has 3 nitrogen and oxygen atoms in total. The number of benzene rings is 2. The van der Waals surface area contributed by atoms with Crippen LogP contribution in [0.5, 0.6) is 0 Å². The molecule has 1 fully saturated rings. The third kappa shape index (κ3) is 2.54. The number of hydrogen-bond donors (Lipinski definition) is 2. The molecule has 2 aromatic carbocycles. The summed E-state index contributed by atoms with van der Waals surface area (Å²) in [6.07, 6.45) is 0.907. The molecule has 1 aliphatic heterocycles. The minimum absolute atomic E-state index is 0.137. The van der Waals surface area contributed by atoms with Gasteiger partial charge in [0.15, 0.2) is 0 Å². The first-order chi connectivity index (χ1) is 10.1. The molecular formula is C18H22N2O. The van der Waals surface area contributed by atoms with Crippen LogP contribution < -0.4 is 10.6 Å². The van der Waals surface area contributed by atoms with Gasteiger partial charge in [0.1, 0.15) is 0 Å². The molecular weight excluding hydrogens is 260 g/mol. The molecule has 1 aliphatic rings. The van der Waals surface area contributed by atoms with E-state index in [0.717, 1.165) is 30.6 Å². The SMILES string of the molecule is CC(C)C1(C(=O)Nc2ccc3ccccc3c2)CCNC1. The summed E-state index contributed by atoms with van der Waals surface area (Å²) in [5, 5.41) is 8.79. The molecule has 3 rings (SSSR count). The molecule has 0 aromatic heterocycles. The van der Waals surface area contributed by atoms with Crippen molar-refractivity contribution < 1.29 is 4.79 Å². The quantitative estimate of drug-likeness (QED) is 0.905. The molecule has 0 aliphatic carbocycles. The van der Waals surface area contributed by atoms with E-state index in [1.165, 1.54) is 5.39 Å². The van der Waals surface area contributed by atoms with Crippen molar-refractivity contribution in [1.29, 1.82) is 0 Å². The predicted molar refractivity (Wildman–Crippen MR) is 87.3 cm³/mol. The summed E-state index contributed by atoms with van der Waals surface area (Å²) in [6.45, 7) is 5.95. The first-order valence-electron chi connectivity index (χ1n) is 7.63.